The number of morpholine rings is 1. The molecule has 7 nitrogen and oxygen atoms in total. The van der Waals surface area contributed by atoms with Gasteiger partial charge in [0.25, 0.3) is 0 Å². The summed E-state index contributed by atoms with van der Waals surface area (Å²) in [5, 5.41) is 6.83. The smallest absolute Gasteiger partial charge is 0.231 e. The van der Waals surface area contributed by atoms with Gasteiger partial charge in [-0.15, -0.1) is 0 Å². The predicted molar refractivity (Wildman–Crippen MR) is 102 cm³/mol. The van der Waals surface area contributed by atoms with Gasteiger partial charge in [-0.1, -0.05) is 19.9 Å². The van der Waals surface area contributed by atoms with Crippen molar-refractivity contribution in [2.24, 2.45) is 4.99 Å². The summed E-state index contributed by atoms with van der Waals surface area (Å²) in [5.74, 6) is 2.47. The summed E-state index contributed by atoms with van der Waals surface area (Å²) in [6, 6.07) is 6.15. The van der Waals surface area contributed by atoms with Gasteiger partial charge in [-0.25, -0.2) is 0 Å². The zero-order chi connectivity index (χ0) is 18.4. The number of fused-ring (bicyclic) bond motifs is 1. The number of hydrogen-bond acceptors (Lipinski definition) is 5. The Morgan fingerprint density at radius 1 is 1.15 bits per heavy atom. The number of aliphatic imine (C=N–C) groups is 1. The molecule has 1 saturated heterocycles. The molecule has 0 aliphatic carbocycles. The van der Waals surface area contributed by atoms with E-state index in [2.05, 4.69) is 46.5 Å². The second-order valence-corrected chi connectivity index (χ2v) is 7.26. The minimum Gasteiger partial charge on any atom is -0.454 e. The first-order chi connectivity index (χ1) is 12.6. The highest BCUT2D eigenvalue weighted by molar-refractivity contribution is 5.79. The lowest BCUT2D eigenvalue weighted by atomic mass is 9.84. The summed E-state index contributed by atoms with van der Waals surface area (Å²) < 4.78 is 16.3. The van der Waals surface area contributed by atoms with E-state index in [9.17, 15) is 0 Å². The van der Waals surface area contributed by atoms with Crippen LogP contribution in [-0.4, -0.2) is 70.6 Å². The maximum absolute atomic E-state index is 5.50. The van der Waals surface area contributed by atoms with Gasteiger partial charge in [0, 0.05) is 45.2 Å². The molecule has 0 spiro atoms. The van der Waals surface area contributed by atoms with E-state index in [1.54, 1.807) is 7.05 Å². The Morgan fingerprint density at radius 2 is 1.92 bits per heavy atom. The average molecular weight is 362 g/mol. The molecule has 0 bridgehead atoms. The third-order valence-corrected chi connectivity index (χ3v) is 4.90. The Hall–Kier alpha value is -1.99. The van der Waals surface area contributed by atoms with E-state index in [4.69, 9.17) is 14.2 Å². The minimum atomic E-state index is -0.0667. The highest BCUT2D eigenvalue weighted by Crippen LogP contribution is 2.36. The average Bonchev–Trinajstić information content (AvgIpc) is 3.13. The molecule has 1 aromatic carbocycles. The predicted octanol–water partition coefficient (Wildman–Crippen LogP) is 1.19. The van der Waals surface area contributed by atoms with Gasteiger partial charge in [0.05, 0.1) is 13.2 Å². The van der Waals surface area contributed by atoms with Gasteiger partial charge >= 0.3 is 0 Å². The van der Waals surface area contributed by atoms with Gasteiger partial charge in [-0.3, -0.25) is 9.89 Å². The molecule has 0 unspecified atom stereocenters. The summed E-state index contributed by atoms with van der Waals surface area (Å²) in [6.07, 6.45) is 0. The van der Waals surface area contributed by atoms with Crippen LogP contribution in [0.15, 0.2) is 23.2 Å². The molecule has 0 radical (unpaired) electrons. The third kappa shape index (κ3) is 4.80. The van der Waals surface area contributed by atoms with E-state index < -0.39 is 0 Å². The van der Waals surface area contributed by atoms with Crippen molar-refractivity contribution in [3.8, 4) is 11.5 Å². The molecule has 0 aromatic heterocycles. The maximum atomic E-state index is 5.50. The number of ether oxygens (including phenoxy) is 3. The fraction of sp³-hybridized carbons (Fsp3) is 0.632. The Labute approximate surface area is 155 Å². The van der Waals surface area contributed by atoms with Crippen molar-refractivity contribution in [2.75, 3.05) is 59.8 Å². The van der Waals surface area contributed by atoms with Crippen molar-refractivity contribution in [1.29, 1.82) is 0 Å². The molecule has 144 valence electrons. The van der Waals surface area contributed by atoms with Crippen molar-refractivity contribution in [3.05, 3.63) is 23.8 Å². The second kappa shape index (κ2) is 8.60. The molecule has 3 rings (SSSR count). The molecule has 2 aliphatic rings. The SMILES string of the molecule is CN=C(NCCN1CCOCC1)NCC(C)(C)c1ccc2c(c1)OCO2. The third-order valence-electron chi connectivity index (χ3n) is 4.90. The Morgan fingerprint density at radius 3 is 2.69 bits per heavy atom. The second-order valence-electron chi connectivity index (χ2n) is 7.26. The monoisotopic (exact) mass is 362 g/mol. The summed E-state index contributed by atoms with van der Waals surface area (Å²) in [5.41, 5.74) is 1.14. The number of benzene rings is 1. The van der Waals surface area contributed by atoms with Crippen molar-refractivity contribution in [1.82, 2.24) is 15.5 Å². The molecular formula is C19H30N4O3. The highest BCUT2D eigenvalue weighted by atomic mass is 16.7. The first kappa shape index (κ1) is 18.8. The quantitative estimate of drug-likeness (QED) is 0.585. The molecule has 0 saturated carbocycles. The van der Waals surface area contributed by atoms with E-state index in [0.717, 1.165) is 63.4 Å². The van der Waals surface area contributed by atoms with E-state index in [1.165, 1.54) is 5.56 Å². The van der Waals surface area contributed by atoms with Crippen molar-refractivity contribution in [3.63, 3.8) is 0 Å². The summed E-state index contributed by atoms with van der Waals surface area (Å²) in [6.45, 7) is 11.0. The maximum Gasteiger partial charge on any atom is 0.231 e. The van der Waals surface area contributed by atoms with Crippen molar-refractivity contribution in [2.45, 2.75) is 19.3 Å². The van der Waals surface area contributed by atoms with Crippen LogP contribution in [0.5, 0.6) is 11.5 Å². The molecule has 2 N–H and O–H groups in total. The van der Waals surface area contributed by atoms with Gasteiger partial charge in [0.15, 0.2) is 17.5 Å². The van der Waals surface area contributed by atoms with Crippen LogP contribution in [0.1, 0.15) is 19.4 Å². The molecule has 2 aliphatic heterocycles. The first-order valence-electron chi connectivity index (χ1n) is 9.23. The molecule has 1 fully saturated rings. The van der Waals surface area contributed by atoms with Crippen LogP contribution >= 0.6 is 0 Å². The van der Waals surface area contributed by atoms with E-state index >= 15 is 0 Å². The first-order valence-corrected chi connectivity index (χ1v) is 9.23. The number of nitrogens with one attached hydrogen (secondary N) is 2. The lowest BCUT2D eigenvalue weighted by Crippen LogP contribution is -2.46. The zero-order valence-electron chi connectivity index (χ0n) is 16.0. The molecule has 0 atom stereocenters. The molecule has 1 aromatic rings. The number of nitrogens with zero attached hydrogens (tertiary/aromatic N) is 2. The summed E-state index contributed by atoms with van der Waals surface area (Å²) in [7, 11) is 1.80. The van der Waals surface area contributed by atoms with E-state index in [1.807, 2.05) is 6.07 Å². The van der Waals surface area contributed by atoms with Gasteiger partial charge in [-0.05, 0) is 17.7 Å². The number of rotatable bonds is 6. The summed E-state index contributed by atoms with van der Waals surface area (Å²) in [4.78, 5) is 6.73. The lowest BCUT2D eigenvalue weighted by molar-refractivity contribution is 0.0389. The molecule has 26 heavy (non-hydrogen) atoms. The fourth-order valence-electron chi connectivity index (χ4n) is 3.10. The van der Waals surface area contributed by atoms with Crippen molar-refractivity contribution < 1.29 is 14.2 Å². The fourth-order valence-corrected chi connectivity index (χ4v) is 3.10. The molecular weight excluding hydrogens is 332 g/mol. The lowest BCUT2D eigenvalue weighted by Gasteiger charge is -2.28. The van der Waals surface area contributed by atoms with Crippen LogP contribution < -0.4 is 20.1 Å². The van der Waals surface area contributed by atoms with Crippen LogP contribution in [0.3, 0.4) is 0 Å². The van der Waals surface area contributed by atoms with Crippen LogP contribution in [-0.2, 0) is 10.2 Å². The Kier molecular flexibility index (Phi) is 6.21. The van der Waals surface area contributed by atoms with E-state index in [0.29, 0.717) is 6.79 Å². The number of hydrogen-bond donors (Lipinski definition) is 2. The van der Waals surface area contributed by atoms with Crippen LogP contribution in [0.4, 0.5) is 0 Å². The molecule has 2 heterocycles. The normalized spacial score (nSPS) is 18.0. The molecule has 7 heteroatoms. The van der Waals surface area contributed by atoms with Gasteiger partial charge < -0.3 is 24.8 Å². The standard InChI is InChI=1S/C19H30N4O3/c1-19(2,15-4-5-16-17(12-15)26-14-25-16)13-22-18(20-3)21-6-7-23-8-10-24-11-9-23/h4-5,12H,6-11,13-14H2,1-3H3,(H2,20,21,22). The van der Waals surface area contributed by atoms with Crippen LogP contribution in [0.25, 0.3) is 0 Å². The van der Waals surface area contributed by atoms with Crippen molar-refractivity contribution >= 4 is 5.96 Å². The zero-order valence-corrected chi connectivity index (χ0v) is 16.0. The van der Waals surface area contributed by atoms with Gasteiger partial charge in [0.1, 0.15) is 0 Å². The Balaban J connectivity index is 1.47. The van der Waals surface area contributed by atoms with E-state index in [-0.39, 0.29) is 5.41 Å². The number of guanidine groups is 1. The minimum absolute atomic E-state index is 0.0667. The van der Waals surface area contributed by atoms with Gasteiger partial charge in [0.2, 0.25) is 6.79 Å². The van der Waals surface area contributed by atoms with Crippen LogP contribution in [0, 0.1) is 0 Å². The largest absolute Gasteiger partial charge is 0.454 e. The Bertz CT molecular complexity index is 627. The van der Waals surface area contributed by atoms with Gasteiger partial charge in [-0.2, -0.15) is 0 Å². The van der Waals surface area contributed by atoms with Crippen LogP contribution in [0.2, 0.25) is 0 Å². The highest BCUT2D eigenvalue weighted by Gasteiger charge is 2.24. The topological polar surface area (TPSA) is 67.4 Å². The summed E-state index contributed by atoms with van der Waals surface area (Å²) >= 11 is 0. The molecule has 0 amide bonds.